The zero-order chi connectivity index (χ0) is 23.2. The smallest absolute Gasteiger partial charge is 0.256 e. The summed E-state index contributed by atoms with van der Waals surface area (Å²) in [7, 11) is 0. The number of benzene rings is 3. The fourth-order valence-corrected chi connectivity index (χ4v) is 4.00. The minimum atomic E-state index is -0.526. The van der Waals surface area contributed by atoms with E-state index in [1.54, 1.807) is 34.1 Å². The second kappa shape index (κ2) is 10.3. The Morgan fingerprint density at radius 2 is 1.58 bits per heavy atom. The number of amides is 2. The van der Waals surface area contributed by atoms with E-state index in [9.17, 15) is 14.0 Å². The summed E-state index contributed by atoms with van der Waals surface area (Å²) in [6, 6.07) is 21.3. The Labute approximate surface area is 193 Å². The van der Waals surface area contributed by atoms with E-state index in [1.165, 1.54) is 17.7 Å². The molecular weight excluding hydrogens is 419 g/mol. The van der Waals surface area contributed by atoms with Crippen molar-refractivity contribution in [2.75, 3.05) is 26.2 Å². The quantitative estimate of drug-likeness (QED) is 0.571. The molecule has 6 heteroatoms. The van der Waals surface area contributed by atoms with Crippen molar-refractivity contribution in [1.29, 1.82) is 0 Å². The number of ether oxygens (including phenoxy) is 1. The Kier molecular flexibility index (Phi) is 7.03. The highest BCUT2D eigenvalue weighted by Gasteiger charge is 2.25. The molecule has 170 valence electrons. The highest BCUT2D eigenvalue weighted by atomic mass is 19.1. The highest BCUT2D eigenvalue weighted by molar-refractivity contribution is 5.95. The first kappa shape index (κ1) is 22.5. The van der Waals surface area contributed by atoms with Gasteiger partial charge < -0.3 is 14.5 Å². The molecule has 2 amide bonds. The molecule has 3 aromatic carbocycles. The molecule has 1 aliphatic heterocycles. The maximum Gasteiger partial charge on any atom is 0.256 e. The SMILES string of the molecule is Cc1cccc(COc2cccc(C(=O)N3CCCN(C(=O)c4ccccc4F)CC3)c2)c1. The lowest BCUT2D eigenvalue weighted by atomic mass is 10.1. The Bertz CT molecular complexity index is 1150. The Morgan fingerprint density at radius 3 is 2.33 bits per heavy atom. The van der Waals surface area contributed by atoms with Crippen molar-refractivity contribution in [2.24, 2.45) is 0 Å². The van der Waals surface area contributed by atoms with Crippen LogP contribution in [0.15, 0.2) is 72.8 Å². The minimum absolute atomic E-state index is 0.0655. The number of aryl methyl sites for hydroxylation is 1. The summed E-state index contributed by atoms with van der Waals surface area (Å²) in [4.78, 5) is 29.2. The molecule has 0 aromatic heterocycles. The van der Waals surface area contributed by atoms with Gasteiger partial charge in [0.05, 0.1) is 5.56 Å². The fraction of sp³-hybridized carbons (Fsp3) is 0.259. The van der Waals surface area contributed by atoms with Crippen LogP contribution in [0.5, 0.6) is 5.75 Å². The lowest BCUT2D eigenvalue weighted by Crippen LogP contribution is -2.37. The number of carbonyl (C=O) groups is 2. The van der Waals surface area contributed by atoms with Gasteiger partial charge in [0.1, 0.15) is 18.2 Å². The molecule has 4 rings (SSSR count). The number of hydrogen-bond donors (Lipinski definition) is 0. The van der Waals surface area contributed by atoms with E-state index in [0.717, 1.165) is 5.56 Å². The standard InChI is InChI=1S/C27H27FN2O3/c1-20-7-4-8-21(17-20)19-33-23-10-5-9-22(18-23)26(31)29-13-6-14-30(16-15-29)27(32)24-11-2-3-12-25(24)28/h2-5,7-12,17-18H,6,13-16,19H2,1H3. The van der Waals surface area contributed by atoms with Gasteiger partial charge in [-0.3, -0.25) is 9.59 Å². The molecule has 0 aliphatic carbocycles. The molecule has 5 nitrogen and oxygen atoms in total. The van der Waals surface area contributed by atoms with Gasteiger partial charge in [0.25, 0.3) is 11.8 Å². The maximum atomic E-state index is 14.0. The van der Waals surface area contributed by atoms with E-state index >= 15 is 0 Å². The molecule has 0 radical (unpaired) electrons. The largest absolute Gasteiger partial charge is 0.489 e. The van der Waals surface area contributed by atoms with Crippen LogP contribution < -0.4 is 4.74 Å². The first-order valence-corrected chi connectivity index (χ1v) is 11.1. The van der Waals surface area contributed by atoms with E-state index in [2.05, 4.69) is 6.07 Å². The van der Waals surface area contributed by atoms with E-state index in [-0.39, 0.29) is 17.4 Å². The van der Waals surface area contributed by atoms with Gasteiger partial charge in [-0.05, 0) is 49.2 Å². The number of rotatable bonds is 5. The van der Waals surface area contributed by atoms with Gasteiger partial charge >= 0.3 is 0 Å². The van der Waals surface area contributed by atoms with Crippen LogP contribution >= 0.6 is 0 Å². The van der Waals surface area contributed by atoms with Crippen molar-refractivity contribution in [3.8, 4) is 5.75 Å². The zero-order valence-electron chi connectivity index (χ0n) is 18.7. The molecule has 0 bridgehead atoms. The van der Waals surface area contributed by atoms with Crippen LogP contribution in [0.2, 0.25) is 0 Å². The number of hydrogen-bond acceptors (Lipinski definition) is 3. The average Bonchev–Trinajstić information content (AvgIpc) is 3.09. The van der Waals surface area contributed by atoms with Crippen LogP contribution in [-0.4, -0.2) is 47.8 Å². The highest BCUT2D eigenvalue weighted by Crippen LogP contribution is 2.19. The Hall–Kier alpha value is -3.67. The van der Waals surface area contributed by atoms with Crippen LogP contribution in [0.1, 0.15) is 38.3 Å². The predicted molar refractivity (Wildman–Crippen MR) is 125 cm³/mol. The number of nitrogens with zero attached hydrogens (tertiary/aromatic N) is 2. The van der Waals surface area contributed by atoms with Crippen molar-refractivity contribution in [1.82, 2.24) is 9.80 Å². The molecule has 33 heavy (non-hydrogen) atoms. The van der Waals surface area contributed by atoms with Gasteiger partial charge in [-0.25, -0.2) is 4.39 Å². The zero-order valence-corrected chi connectivity index (χ0v) is 18.7. The van der Waals surface area contributed by atoms with Crippen LogP contribution in [0.4, 0.5) is 4.39 Å². The molecule has 1 heterocycles. The van der Waals surface area contributed by atoms with E-state index < -0.39 is 5.82 Å². The molecule has 3 aromatic rings. The molecule has 0 N–H and O–H groups in total. The van der Waals surface area contributed by atoms with Crippen LogP contribution in [-0.2, 0) is 6.61 Å². The topological polar surface area (TPSA) is 49.9 Å². The second-order valence-electron chi connectivity index (χ2n) is 8.22. The van der Waals surface area contributed by atoms with Crippen LogP contribution in [0, 0.1) is 12.7 Å². The van der Waals surface area contributed by atoms with Crippen molar-refractivity contribution >= 4 is 11.8 Å². The first-order valence-electron chi connectivity index (χ1n) is 11.1. The van der Waals surface area contributed by atoms with Crippen molar-refractivity contribution < 1.29 is 18.7 Å². The summed E-state index contributed by atoms with van der Waals surface area (Å²) in [5, 5.41) is 0. The molecular formula is C27H27FN2O3. The third kappa shape index (κ3) is 5.58. The molecule has 0 spiro atoms. The monoisotopic (exact) mass is 446 g/mol. The Morgan fingerprint density at radius 1 is 0.848 bits per heavy atom. The maximum absolute atomic E-state index is 14.0. The molecule has 0 atom stereocenters. The predicted octanol–water partition coefficient (Wildman–Crippen LogP) is 4.70. The summed E-state index contributed by atoms with van der Waals surface area (Å²) in [5.41, 5.74) is 2.85. The lowest BCUT2D eigenvalue weighted by molar-refractivity contribution is 0.0716. The normalized spacial score (nSPS) is 14.0. The first-order chi connectivity index (χ1) is 16.0. The van der Waals surface area contributed by atoms with Gasteiger partial charge in [0.15, 0.2) is 0 Å². The second-order valence-corrected chi connectivity index (χ2v) is 8.22. The average molecular weight is 447 g/mol. The summed E-state index contributed by atoms with van der Waals surface area (Å²) >= 11 is 0. The summed E-state index contributed by atoms with van der Waals surface area (Å²) < 4.78 is 19.9. The summed E-state index contributed by atoms with van der Waals surface area (Å²) in [6.07, 6.45) is 0.634. The molecule has 0 unspecified atom stereocenters. The number of halogens is 1. The third-order valence-corrected chi connectivity index (χ3v) is 5.74. The summed E-state index contributed by atoms with van der Waals surface area (Å²) in [5.74, 6) is -0.333. The van der Waals surface area contributed by atoms with Crippen LogP contribution in [0.3, 0.4) is 0 Å². The Balaban J connectivity index is 1.38. The molecule has 1 saturated heterocycles. The number of carbonyl (C=O) groups excluding carboxylic acids is 2. The lowest BCUT2D eigenvalue weighted by Gasteiger charge is -2.22. The molecule has 1 fully saturated rings. The minimum Gasteiger partial charge on any atom is -0.489 e. The molecule has 1 aliphatic rings. The van der Waals surface area contributed by atoms with Gasteiger partial charge in [0.2, 0.25) is 0 Å². The van der Waals surface area contributed by atoms with Crippen molar-refractivity contribution in [3.63, 3.8) is 0 Å². The van der Waals surface area contributed by atoms with Crippen LogP contribution in [0.25, 0.3) is 0 Å². The van der Waals surface area contributed by atoms with E-state index in [4.69, 9.17) is 4.74 Å². The van der Waals surface area contributed by atoms with E-state index in [1.807, 2.05) is 37.3 Å². The van der Waals surface area contributed by atoms with Gasteiger partial charge in [-0.2, -0.15) is 0 Å². The van der Waals surface area contributed by atoms with Crippen molar-refractivity contribution in [2.45, 2.75) is 20.0 Å². The van der Waals surface area contributed by atoms with Gasteiger partial charge in [0, 0.05) is 31.7 Å². The van der Waals surface area contributed by atoms with Gasteiger partial charge in [-0.15, -0.1) is 0 Å². The summed E-state index contributed by atoms with van der Waals surface area (Å²) in [6.45, 7) is 4.24. The van der Waals surface area contributed by atoms with E-state index in [0.29, 0.717) is 50.5 Å². The molecule has 0 saturated carbocycles. The fourth-order valence-electron chi connectivity index (χ4n) is 4.00. The third-order valence-electron chi connectivity index (χ3n) is 5.74. The van der Waals surface area contributed by atoms with Crippen molar-refractivity contribution in [3.05, 3.63) is 101 Å². The van der Waals surface area contributed by atoms with Gasteiger partial charge in [-0.1, -0.05) is 48.0 Å².